The number of fused-ring (bicyclic) bond motifs is 1. The van der Waals surface area contributed by atoms with Crippen molar-refractivity contribution in [3.63, 3.8) is 0 Å². The maximum Gasteiger partial charge on any atom is 0.273 e. The summed E-state index contributed by atoms with van der Waals surface area (Å²) in [6.45, 7) is 3.45. The number of anilines is 1. The Balaban J connectivity index is 1.90. The zero-order valence-electron chi connectivity index (χ0n) is 13.2. The lowest BCUT2D eigenvalue weighted by Gasteiger charge is -2.31. The van der Waals surface area contributed by atoms with Gasteiger partial charge in [0.05, 0.1) is 5.30 Å². The number of hydrogen-bond donors (Lipinski definition) is 1. The maximum absolute atomic E-state index is 14.2. The fraction of sp³-hybridized carbons (Fsp3) is 0.333. The fourth-order valence-electron chi connectivity index (χ4n) is 3.82. The van der Waals surface area contributed by atoms with Gasteiger partial charge in [-0.2, -0.15) is 0 Å². The molecule has 2 unspecified atom stereocenters. The zero-order chi connectivity index (χ0) is 16.0. The van der Waals surface area contributed by atoms with Crippen molar-refractivity contribution < 1.29 is 9.67 Å². The van der Waals surface area contributed by atoms with Gasteiger partial charge in [0.15, 0.2) is 0 Å². The van der Waals surface area contributed by atoms with Crippen molar-refractivity contribution in [3.8, 4) is 5.75 Å². The second kappa shape index (κ2) is 5.40. The summed E-state index contributed by atoms with van der Waals surface area (Å²) >= 11 is 0. The van der Waals surface area contributed by atoms with Crippen LogP contribution >= 0.6 is 7.44 Å². The molecule has 2 aromatic carbocycles. The van der Waals surface area contributed by atoms with E-state index in [1.807, 2.05) is 60.1 Å². The topological polar surface area (TPSA) is 43.8 Å². The number of benzene rings is 2. The van der Waals surface area contributed by atoms with Crippen LogP contribution in [0.5, 0.6) is 5.75 Å². The molecule has 2 fully saturated rings. The van der Waals surface area contributed by atoms with Gasteiger partial charge in [0.1, 0.15) is 5.75 Å². The Hall–Kier alpha value is -1.77. The third-order valence-electron chi connectivity index (χ3n) is 4.99. The van der Waals surface area contributed by atoms with E-state index in [1.165, 1.54) is 0 Å². The molecule has 2 aliphatic heterocycles. The van der Waals surface area contributed by atoms with Crippen LogP contribution in [0, 0.1) is 6.92 Å². The largest absolute Gasteiger partial charge is 0.507 e. The van der Waals surface area contributed by atoms with Crippen molar-refractivity contribution in [3.05, 3.63) is 54.1 Å². The molecular weight excluding hydrogens is 307 g/mol. The number of hydrogen-bond acceptors (Lipinski definition) is 2. The van der Waals surface area contributed by atoms with E-state index in [2.05, 4.69) is 4.67 Å². The first-order valence-electron chi connectivity index (χ1n) is 8.12. The average molecular weight is 328 g/mol. The molecule has 0 spiro atoms. The van der Waals surface area contributed by atoms with Crippen LogP contribution in [0.3, 0.4) is 0 Å². The molecule has 2 aromatic rings. The minimum absolute atomic E-state index is 0.171. The van der Waals surface area contributed by atoms with Crippen LogP contribution < -0.4 is 9.97 Å². The highest BCUT2D eigenvalue weighted by atomic mass is 31.2. The molecule has 0 aromatic heterocycles. The Labute approximate surface area is 136 Å². The molecule has 2 heterocycles. The molecule has 0 saturated carbocycles. The van der Waals surface area contributed by atoms with Crippen molar-refractivity contribution in [1.82, 2.24) is 4.67 Å². The Morgan fingerprint density at radius 1 is 1.13 bits per heavy atom. The van der Waals surface area contributed by atoms with Gasteiger partial charge in [-0.25, -0.2) is 4.67 Å². The lowest BCUT2D eigenvalue weighted by molar-refractivity contribution is 0.433. The van der Waals surface area contributed by atoms with E-state index in [-0.39, 0.29) is 5.75 Å². The first kappa shape index (κ1) is 14.8. The van der Waals surface area contributed by atoms with Crippen molar-refractivity contribution in [2.75, 3.05) is 17.8 Å². The normalized spacial score (nSPS) is 27.3. The van der Waals surface area contributed by atoms with Crippen LogP contribution in [0.1, 0.15) is 18.4 Å². The molecule has 23 heavy (non-hydrogen) atoms. The summed E-state index contributed by atoms with van der Waals surface area (Å²) in [6.07, 6.45) is 2.14. The molecule has 2 saturated heterocycles. The van der Waals surface area contributed by atoms with Gasteiger partial charge in [0, 0.05) is 24.8 Å². The van der Waals surface area contributed by atoms with Gasteiger partial charge in [0.25, 0.3) is 7.44 Å². The van der Waals surface area contributed by atoms with E-state index in [0.29, 0.717) is 11.3 Å². The molecule has 0 aliphatic carbocycles. The second-order valence-corrected chi connectivity index (χ2v) is 8.93. The van der Waals surface area contributed by atoms with Gasteiger partial charge >= 0.3 is 0 Å². The second-order valence-electron chi connectivity index (χ2n) is 6.36. The number of phenolic OH excluding ortho intramolecular Hbond substituents is 1. The first-order chi connectivity index (χ1) is 11.1. The number of para-hydroxylation sites is 2. The van der Waals surface area contributed by atoms with E-state index >= 15 is 0 Å². The minimum atomic E-state index is -3.01. The van der Waals surface area contributed by atoms with Gasteiger partial charge in [-0.05, 0) is 43.5 Å². The standard InChI is InChI=1S/C18H21N2O2P/c1-14-7-5-11-17(18(14)21)23(22)19-12-6-10-16(19)13-20(23)15-8-3-2-4-9-15/h2-5,7-9,11,16,21H,6,10,12-13H2,1H3. The summed E-state index contributed by atoms with van der Waals surface area (Å²) < 4.78 is 18.4. The third-order valence-corrected chi connectivity index (χ3v) is 8.25. The Bertz CT molecular complexity index is 778. The molecule has 5 heteroatoms. The average Bonchev–Trinajstić information content (AvgIpc) is 3.13. The quantitative estimate of drug-likeness (QED) is 0.857. The number of aromatic hydroxyl groups is 1. The summed E-state index contributed by atoms with van der Waals surface area (Å²) in [7, 11) is -3.01. The third kappa shape index (κ3) is 2.13. The lowest BCUT2D eigenvalue weighted by atomic mass is 10.2. The van der Waals surface area contributed by atoms with Crippen LogP contribution in [-0.4, -0.2) is 28.9 Å². The molecule has 0 amide bonds. The van der Waals surface area contributed by atoms with E-state index in [0.717, 1.165) is 37.2 Å². The van der Waals surface area contributed by atoms with Crippen LogP contribution in [-0.2, 0) is 4.57 Å². The van der Waals surface area contributed by atoms with E-state index < -0.39 is 7.44 Å². The minimum Gasteiger partial charge on any atom is -0.507 e. The highest BCUT2D eigenvalue weighted by molar-refractivity contribution is 7.71. The molecular formula is C18H21N2O2P. The predicted octanol–water partition coefficient (Wildman–Crippen LogP) is 3.50. The Kier molecular flexibility index (Phi) is 3.47. The molecule has 1 N–H and O–H groups in total. The van der Waals surface area contributed by atoms with Crippen LogP contribution in [0.15, 0.2) is 48.5 Å². The number of phenols is 1. The van der Waals surface area contributed by atoms with Gasteiger partial charge in [0.2, 0.25) is 0 Å². The Morgan fingerprint density at radius 2 is 1.91 bits per heavy atom. The summed E-state index contributed by atoms with van der Waals surface area (Å²) in [5, 5.41) is 11.2. The van der Waals surface area contributed by atoms with Crippen molar-refractivity contribution in [1.29, 1.82) is 0 Å². The summed E-state index contributed by atoms with van der Waals surface area (Å²) in [5.41, 5.74) is 1.74. The number of aryl methyl sites for hydroxylation is 1. The van der Waals surface area contributed by atoms with Gasteiger partial charge in [-0.1, -0.05) is 30.3 Å². The maximum atomic E-state index is 14.2. The zero-order valence-corrected chi connectivity index (χ0v) is 14.1. The SMILES string of the molecule is Cc1cccc(P2(=O)N(c3ccccc3)CC3CCCN32)c1O. The van der Waals surface area contributed by atoms with Gasteiger partial charge in [-0.15, -0.1) is 0 Å². The number of rotatable bonds is 2. The van der Waals surface area contributed by atoms with Crippen LogP contribution in [0.2, 0.25) is 0 Å². The highest BCUT2D eigenvalue weighted by Crippen LogP contribution is 2.63. The van der Waals surface area contributed by atoms with Gasteiger partial charge in [-0.3, -0.25) is 4.57 Å². The van der Waals surface area contributed by atoms with E-state index in [9.17, 15) is 9.67 Å². The fourth-order valence-corrected chi connectivity index (χ4v) is 7.27. The summed E-state index contributed by atoms with van der Waals surface area (Å²) in [4.78, 5) is 0. The Morgan fingerprint density at radius 3 is 2.70 bits per heavy atom. The van der Waals surface area contributed by atoms with Crippen LogP contribution in [0.4, 0.5) is 5.69 Å². The molecule has 4 nitrogen and oxygen atoms in total. The lowest BCUT2D eigenvalue weighted by Crippen LogP contribution is -2.27. The van der Waals surface area contributed by atoms with E-state index in [4.69, 9.17) is 0 Å². The predicted molar refractivity (Wildman–Crippen MR) is 93.6 cm³/mol. The summed E-state index contributed by atoms with van der Waals surface area (Å²) in [5.74, 6) is 0.171. The molecule has 0 radical (unpaired) electrons. The van der Waals surface area contributed by atoms with Crippen LogP contribution in [0.25, 0.3) is 0 Å². The number of nitrogens with zero attached hydrogens (tertiary/aromatic N) is 2. The molecule has 0 bridgehead atoms. The molecule has 2 aliphatic rings. The molecule has 2 atom stereocenters. The van der Waals surface area contributed by atoms with E-state index in [1.54, 1.807) is 0 Å². The van der Waals surface area contributed by atoms with Crippen molar-refractivity contribution >= 4 is 18.4 Å². The monoisotopic (exact) mass is 328 g/mol. The summed E-state index contributed by atoms with van der Waals surface area (Å²) in [6, 6.07) is 15.8. The smallest absolute Gasteiger partial charge is 0.273 e. The first-order valence-corrected chi connectivity index (χ1v) is 9.73. The van der Waals surface area contributed by atoms with Gasteiger partial charge < -0.3 is 9.78 Å². The van der Waals surface area contributed by atoms with Crippen molar-refractivity contribution in [2.24, 2.45) is 0 Å². The molecule has 120 valence electrons. The highest BCUT2D eigenvalue weighted by Gasteiger charge is 2.52. The van der Waals surface area contributed by atoms with Crippen molar-refractivity contribution in [2.45, 2.75) is 25.8 Å². The molecule has 4 rings (SSSR count).